The molecule has 23 heavy (non-hydrogen) atoms. The average Bonchev–Trinajstić information content (AvgIpc) is 2.55. The van der Waals surface area contributed by atoms with Crippen molar-refractivity contribution in [1.29, 1.82) is 5.26 Å². The van der Waals surface area contributed by atoms with Crippen LogP contribution in [0.3, 0.4) is 0 Å². The smallest absolute Gasteiger partial charge is 0.267 e. The highest BCUT2D eigenvalue weighted by atomic mass is 35.5. The number of nitriles is 1. The fraction of sp³-hybridized carbons (Fsp3) is 0.0625. The maximum atomic E-state index is 12.1. The quantitative estimate of drug-likeness (QED) is 0.444. The molecule has 7 heteroatoms. The van der Waals surface area contributed by atoms with Gasteiger partial charge in [0.1, 0.15) is 11.6 Å². The van der Waals surface area contributed by atoms with E-state index in [0.717, 1.165) is 5.69 Å². The molecule has 0 spiro atoms. The molecule has 1 amide bonds. The van der Waals surface area contributed by atoms with Crippen molar-refractivity contribution in [3.63, 3.8) is 0 Å². The molecule has 0 fully saturated rings. The van der Waals surface area contributed by atoms with Crippen molar-refractivity contribution in [3.8, 4) is 6.07 Å². The molecule has 0 unspecified atom stereocenters. The fourth-order valence-corrected chi connectivity index (χ4v) is 1.97. The predicted molar refractivity (Wildman–Crippen MR) is 89.3 cm³/mol. The van der Waals surface area contributed by atoms with E-state index >= 15 is 0 Å². The maximum absolute atomic E-state index is 12.1. The molecule has 116 valence electrons. The van der Waals surface area contributed by atoms with Crippen LogP contribution in [0.5, 0.6) is 0 Å². The Kier molecular flexibility index (Phi) is 5.56. The number of hydrogen-bond acceptors (Lipinski definition) is 5. The first-order valence-electron chi connectivity index (χ1n) is 6.70. The molecule has 0 atom stereocenters. The van der Waals surface area contributed by atoms with Crippen LogP contribution in [0, 0.1) is 11.3 Å². The second kappa shape index (κ2) is 7.82. The third kappa shape index (κ3) is 4.73. The molecule has 6 nitrogen and oxygen atoms in total. The first kappa shape index (κ1) is 16.3. The third-order valence-electron chi connectivity index (χ3n) is 2.86. The molecule has 0 radical (unpaired) electrons. The lowest BCUT2D eigenvalue weighted by atomic mass is 10.2. The number of carbonyl (C=O) groups is 1. The van der Waals surface area contributed by atoms with Crippen molar-refractivity contribution in [3.05, 3.63) is 65.1 Å². The number of hydrogen-bond donors (Lipinski definition) is 3. The van der Waals surface area contributed by atoms with Gasteiger partial charge in [0, 0.05) is 18.1 Å². The second-order valence-corrected chi connectivity index (χ2v) is 4.97. The Morgan fingerprint density at radius 1 is 1.39 bits per heavy atom. The largest absolute Gasteiger partial charge is 0.399 e. The van der Waals surface area contributed by atoms with E-state index in [9.17, 15) is 4.79 Å². The number of nitrogen functional groups attached to an aromatic ring is 1. The van der Waals surface area contributed by atoms with Crippen molar-refractivity contribution in [2.24, 2.45) is 0 Å². The number of halogens is 1. The van der Waals surface area contributed by atoms with E-state index in [1.54, 1.807) is 18.3 Å². The topological polar surface area (TPSA) is 104 Å². The molecule has 4 N–H and O–H groups in total. The highest BCUT2D eigenvalue weighted by molar-refractivity contribution is 6.34. The zero-order valence-electron chi connectivity index (χ0n) is 12.1. The number of rotatable bonds is 5. The minimum Gasteiger partial charge on any atom is -0.399 e. The number of pyridine rings is 1. The van der Waals surface area contributed by atoms with Gasteiger partial charge in [0.2, 0.25) is 0 Å². The van der Waals surface area contributed by atoms with Gasteiger partial charge in [-0.15, -0.1) is 0 Å². The van der Waals surface area contributed by atoms with Crippen molar-refractivity contribution in [1.82, 2.24) is 10.3 Å². The summed E-state index contributed by atoms with van der Waals surface area (Å²) in [5.41, 5.74) is 7.18. The molecule has 2 rings (SSSR count). The van der Waals surface area contributed by atoms with Crippen LogP contribution < -0.4 is 16.4 Å². The van der Waals surface area contributed by atoms with Crippen molar-refractivity contribution in [2.75, 3.05) is 11.1 Å². The van der Waals surface area contributed by atoms with Crippen molar-refractivity contribution < 1.29 is 4.79 Å². The molecule has 0 aliphatic heterocycles. The van der Waals surface area contributed by atoms with Crippen LogP contribution in [-0.4, -0.2) is 10.9 Å². The molecule has 1 heterocycles. The van der Waals surface area contributed by atoms with E-state index < -0.39 is 5.91 Å². The minimum atomic E-state index is -0.562. The zero-order chi connectivity index (χ0) is 16.7. The Morgan fingerprint density at radius 3 is 2.87 bits per heavy atom. The monoisotopic (exact) mass is 327 g/mol. The number of nitrogens with two attached hydrogens (primary N) is 1. The van der Waals surface area contributed by atoms with E-state index in [0.29, 0.717) is 22.9 Å². The Hall–Kier alpha value is -3.04. The van der Waals surface area contributed by atoms with Crippen LogP contribution in [-0.2, 0) is 11.3 Å². The summed E-state index contributed by atoms with van der Waals surface area (Å²) < 4.78 is 0. The van der Waals surface area contributed by atoms with E-state index in [2.05, 4.69) is 15.6 Å². The molecule has 0 aliphatic carbocycles. The number of nitrogens with zero attached hydrogens (tertiary/aromatic N) is 2. The minimum absolute atomic E-state index is 0.0752. The number of anilines is 2. The number of amides is 1. The summed E-state index contributed by atoms with van der Waals surface area (Å²) in [7, 11) is 0. The Morgan fingerprint density at radius 2 is 2.22 bits per heavy atom. The molecular weight excluding hydrogens is 314 g/mol. The number of carbonyl (C=O) groups excluding carboxylic acids is 1. The van der Waals surface area contributed by atoms with Gasteiger partial charge in [-0.3, -0.25) is 9.78 Å². The normalized spacial score (nSPS) is 10.7. The molecule has 0 bridgehead atoms. The zero-order valence-corrected chi connectivity index (χ0v) is 12.8. The molecule has 0 aliphatic rings. The number of benzene rings is 1. The molecule has 1 aromatic heterocycles. The standard InChI is InChI=1S/C16H14ClN5O/c17-14-7-12(19)4-5-15(14)22-16(23)11(8-18)9-20-10-13-3-1-2-6-21-13/h1-7,9,20H,10,19H2,(H,22,23)/b11-9-. The van der Waals surface area contributed by atoms with Crippen LogP contribution in [0.15, 0.2) is 54.4 Å². The van der Waals surface area contributed by atoms with Crippen LogP contribution in [0.2, 0.25) is 5.02 Å². The van der Waals surface area contributed by atoms with Crippen LogP contribution in [0.1, 0.15) is 5.69 Å². The summed E-state index contributed by atoms with van der Waals surface area (Å²) in [5.74, 6) is -0.562. The van der Waals surface area contributed by atoms with E-state index in [1.807, 2.05) is 24.3 Å². The summed E-state index contributed by atoms with van der Waals surface area (Å²) in [6.45, 7) is 0.405. The van der Waals surface area contributed by atoms with E-state index in [-0.39, 0.29) is 5.57 Å². The van der Waals surface area contributed by atoms with Gasteiger partial charge in [0.15, 0.2) is 0 Å². The molecule has 0 saturated heterocycles. The Balaban J connectivity index is 2.00. The maximum Gasteiger partial charge on any atom is 0.267 e. The van der Waals surface area contributed by atoms with Gasteiger partial charge < -0.3 is 16.4 Å². The first-order valence-corrected chi connectivity index (χ1v) is 7.08. The SMILES string of the molecule is N#C/C(=C/NCc1ccccn1)C(=O)Nc1ccc(N)cc1Cl. The predicted octanol–water partition coefficient (Wildman–Crippen LogP) is 2.45. The second-order valence-electron chi connectivity index (χ2n) is 4.57. The van der Waals surface area contributed by atoms with Crippen molar-refractivity contribution in [2.45, 2.75) is 6.54 Å². The highest BCUT2D eigenvalue weighted by Gasteiger charge is 2.11. The molecular formula is C16H14ClN5O. The van der Waals surface area contributed by atoms with Gasteiger partial charge in [-0.1, -0.05) is 17.7 Å². The summed E-state index contributed by atoms with van der Waals surface area (Å²) in [4.78, 5) is 16.2. The van der Waals surface area contributed by atoms with Gasteiger partial charge in [0.05, 0.1) is 22.9 Å². The Bertz CT molecular complexity index is 768. The average molecular weight is 328 g/mol. The Labute approximate surface area is 138 Å². The van der Waals surface area contributed by atoms with E-state index in [4.69, 9.17) is 22.6 Å². The summed E-state index contributed by atoms with van der Waals surface area (Å²) in [6.07, 6.45) is 3.01. The highest BCUT2D eigenvalue weighted by Crippen LogP contribution is 2.24. The summed E-state index contributed by atoms with van der Waals surface area (Å²) in [6, 6.07) is 12.0. The number of nitrogens with one attached hydrogen (secondary N) is 2. The summed E-state index contributed by atoms with van der Waals surface area (Å²) in [5, 5.41) is 14.8. The molecule has 2 aromatic rings. The van der Waals surface area contributed by atoms with Crippen LogP contribution in [0.25, 0.3) is 0 Å². The fourth-order valence-electron chi connectivity index (χ4n) is 1.73. The van der Waals surface area contributed by atoms with Gasteiger partial charge in [0.25, 0.3) is 5.91 Å². The lowest BCUT2D eigenvalue weighted by molar-refractivity contribution is -0.112. The van der Waals surface area contributed by atoms with Crippen molar-refractivity contribution >= 4 is 28.9 Å². The van der Waals surface area contributed by atoms with Gasteiger partial charge in [-0.25, -0.2) is 0 Å². The van der Waals surface area contributed by atoms with Gasteiger partial charge in [-0.2, -0.15) is 5.26 Å². The van der Waals surface area contributed by atoms with Gasteiger partial charge >= 0.3 is 0 Å². The van der Waals surface area contributed by atoms with Crippen LogP contribution in [0.4, 0.5) is 11.4 Å². The summed E-state index contributed by atoms with van der Waals surface area (Å²) >= 11 is 5.98. The lowest BCUT2D eigenvalue weighted by Crippen LogP contribution is -2.17. The molecule has 0 saturated carbocycles. The number of aromatic nitrogens is 1. The van der Waals surface area contributed by atoms with Gasteiger partial charge in [-0.05, 0) is 30.3 Å². The lowest BCUT2D eigenvalue weighted by Gasteiger charge is -2.07. The third-order valence-corrected chi connectivity index (χ3v) is 3.17. The first-order chi connectivity index (χ1) is 11.1. The van der Waals surface area contributed by atoms with Crippen LogP contribution >= 0.6 is 11.6 Å². The molecule has 1 aromatic carbocycles. The van der Waals surface area contributed by atoms with E-state index in [1.165, 1.54) is 12.3 Å².